The number of methoxy groups -OCH3 is 1. The molecule has 20 heavy (non-hydrogen) atoms. The van der Waals surface area contributed by atoms with E-state index in [0.29, 0.717) is 19.1 Å². The fourth-order valence-corrected chi connectivity index (χ4v) is 2.29. The topological polar surface area (TPSA) is 64.8 Å². The zero-order valence-electron chi connectivity index (χ0n) is 12.3. The summed E-state index contributed by atoms with van der Waals surface area (Å²) >= 11 is 0. The Labute approximate surface area is 119 Å². The van der Waals surface area contributed by atoms with Gasteiger partial charge in [0, 0.05) is 13.7 Å². The minimum Gasteiger partial charge on any atom is -0.482 e. The molecular weight excluding hydrogens is 256 g/mol. The van der Waals surface area contributed by atoms with Crippen LogP contribution in [0.5, 0.6) is 5.75 Å². The molecule has 1 heterocycles. The zero-order chi connectivity index (χ0) is 14.7. The molecule has 0 aliphatic carbocycles. The molecule has 0 saturated heterocycles. The summed E-state index contributed by atoms with van der Waals surface area (Å²) in [5, 5.41) is 0. The van der Waals surface area contributed by atoms with E-state index in [1.807, 2.05) is 18.2 Å². The fourth-order valence-electron chi connectivity index (χ4n) is 2.29. The number of nitrogens with two attached hydrogens (primary N) is 1. The van der Waals surface area contributed by atoms with Crippen LogP contribution >= 0.6 is 0 Å². The van der Waals surface area contributed by atoms with Gasteiger partial charge in [0.15, 0.2) is 6.61 Å². The quantitative estimate of drug-likeness (QED) is 0.890. The lowest BCUT2D eigenvalue weighted by Crippen LogP contribution is -2.41. The van der Waals surface area contributed by atoms with Crippen molar-refractivity contribution in [3.63, 3.8) is 0 Å². The Morgan fingerprint density at radius 2 is 2.20 bits per heavy atom. The predicted octanol–water partition coefficient (Wildman–Crippen LogP) is 1.71. The maximum atomic E-state index is 12.0. The number of hydrogen-bond acceptors (Lipinski definition) is 4. The molecule has 1 aliphatic rings. The molecule has 1 aromatic carbocycles. The van der Waals surface area contributed by atoms with E-state index < -0.39 is 0 Å². The van der Waals surface area contributed by atoms with E-state index in [2.05, 4.69) is 13.8 Å². The number of hydrogen-bond donors (Lipinski definition) is 1. The van der Waals surface area contributed by atoms with Crippen LogP contribution in [0.1, 0.15) is 25.5 Å². The molecule has 1 aromatic rings. The average Bonchev–Trinajstić information content (AvgIpc) is 2.41. The smallest absolute Gasteiger partial charge is 0.265 e. The molecule has 5 nitrogen and oxygen atoms in total. The summed E-state index contributed by atoms with van der Waals surface area (Å²) < 4.78 is 10.6. The maximum absolute atomic E-state index is 12.0. The Hall–Kier alpha value is -1.59. The second-order valence-electron chi connectivity index (χ2n) is 5.48. The van der Waals surface area contributed by atoms with Crippen LogP contribution in [0.4, 0.5) is 5.69 Å². The third kappa shape index (κ3) is 3.11. The number of benzene rings is 1. The van der Waals surface area contributed by atoms with Gasteiger partial charge in [-0.15, -0.1) is 0 Å². The van der Waals surface area contributed by atoms with Gasteiger partial charge in [0.05, 0.1) is 18.3 Å². The molecule has 1 unspecified atom stereocenters. The molecule has 0 fully saturated rings. The van der Waals surface area contributed by atoms with Gasteiger partial charge >= 0.3 is 0 Å². The number of rotatable bonds is 5. The number of amides is 1. The van der Waals surface area contributed by atoms with Gasteiger partial charge in [-0.2, -0.15) is 0 Å². The monoisotopic (exact) mass is 278 g/mol. The Morgan fingerprint density at radius 1 is 1.45 bits per heavy atom. The Bertz CT molecular complexity index is 488. The molecule has 0 radical (unpaired) electrons. The van der Waals surface area contributed by atoms with Gasteiger partial charge in [-0.1, -0.05) is 19.9 Å². The van der Waals surface area contributed by atoms with Gasteiger partial charge < -0.3 is 20.1 Å². The van der Waals surface area contributed by atoms with Gasteiger partial charge in [-0.25, -0.2) is 0 Å². The summed E-state index contributed by atoms with van der Waals surface area (Å²) in [4.78, 5) is 13.8. The molecule has 1 atom stereocenters. The van der Waals surface area contributed by atoms with E-state index in [-0.39, 0.29) is 18.6 Å². The lowest BCUT2D eigenvalue weighted by Gasteiger charge is -2.31. The highest BCUT2D eigenvalue weighted by Crippen LogP contribution is 2.34. The van der Waals surface area contributed by atoms with Crippen LogP contribution in [-0.2, 0) is 9.53 Å². The molecule has 5 heteroatoms. The van der Waals surface area contributed by atoms with E-state index in [9.17, 15) is 4.79 Å². The van der Waals surface area contributed by atoms with Gasteiger partial charge in [0.2, 0.25) is 0 Å². The molecule has 2 rings (SSSR count). The lowest BCUT2D eigenvalue weighted by molar-refractivity contribution is -0.121. The largest absolute Gasteiger partial charge is 0.482 e. The molecule has 1 aliphatic heterocycles. The SMILES string of the molecule is COCC(N)c1ccc2c(c1)N(CC(C)C)C(=O)CO2. The van der Waals surface area contributed by atoms with E-state index in [0.717, 1.165) is 17.0 Å². The highest BCUT2D eigenvalue weighted by atomic mass is 16.5. The van der Waals surface area contributed by atoms with Crippen LogP contribution in [0.25, 0.3) is 0 Å². The summed E-state index contributed by atoms with van der Waals surface area (Å²) in [7, 11) is 1.62. The molecule has 2 N–H and O–H groups in total. The molecule has 110 valence electrons. The number of nitrogens with zero attached hydrogens (tertiary/aromatic N) is 1. The van der Waals surface area contributed by atoms with Crippen LogP contribution in [0.15, 0.2) is 18.2 Å². The molecule has 1 amide bonds. The van der Waals surface area contributed by atoms with Crippen molar-refractivity contribution in [2.75, 3.05) is 31.8 Å². The second-order valence-corrected chi connectivity index (χ2v) is 5.48. The van der Waals surface area contributed by atoms with E-state index >= 15 is 0 Å². The Kier molecular flexibility index (Phi) is 4.62. The van der Waals surface area contributed by atoms with Crippen molar-refractivity contribution < 1.29 is 14.3 Å². The first-order valence-corrected chi connectivity index (χ1v) is 6.84. The standard InChI is InChI=1S/C15H22N2O3/c1-10(2)7-17-13-6-11(12(16)8-19-3)4-5-14(13)20-9-15(17)18/h4-6,10,12H,7-9,16H2,1-3H3. The molecule has 0 spiro atoms. The van der Waals surface area contributed by atoms with Crippen LogP contribution in [0, 0.1) is 5.92 Å². The minimum atomic E-state index is -0.205. The highest BCUT2D eigenvalue weighted by Gasteiger charge is 2.26. The van der Waals surface area contributed by atoms with Crippen molar-refractivity contribution >= 4 is 11.6 Å². The van der Waals surface area contributed by atoms with Crippen molar-refractivity contribution in [1.82, 2.24) is 0 Å². The third-order valence-corrected chi connectivity index (χ3v) is 3.25. The maximum Gasteiger partial charge on any atom is 0.265 e. The first kappa shape index (κ1) is 14.8. The van der Waals surface area contributed by atoms with Crippen LogP contribution in [-0.4, -0.2) is 32.8 Å². The van der Waals surface area contributed by atoms with Crippen molar-refractivity contribution in [1.29, 1.82) is 0 Å². The number of fused-ring (bicyclic) bond motifs is 1. The van der Waals surface area contributed by atoms with E-state index in [4.69, 9.17) is 15.2 Å². The summed E-state index contributed by atoms with van der Waals surface area (Å²) in [5.74, 6) is 1.11. The minimum absolute atomic E-state index is 0.0105. The molecule has 0 bridgehead atoms. The van der Waals surface area contributed by atoms with Crippen molar-refractivity contribution in [2.24, 2.45) is 11.7 Å². The van der Waals surface area contributed by atoms with Gasteiger partial charge in [0.1, 0.15) is 5.75 Å². The van der Waals surface area contributed by atoms with Crippen molar-refractivity contribution in [3.8, 4) is 5.75 Å². The molecule has 0 aromatic heterocycles. The lowest BCUT2D eigenvalue weighted by atomic mass is 10.0. The number of ether oxygens (including phenoxy) is 2. The molecule has 0 saturated carbocycles. The van der Waals surface area contributed by atoms with E-state index in [1.165, 1.54) is 0 Å². The van der Waals surface area contributed by atoms with Crippen molar-refractivity contribution in [3.05, 3.63) is 23.8 Å². The van der Waals surface area contributed by atoms with Gasteiger partial charge in [-0.05, 0) is 23.6 Å². The Morgan fingerprint density at radius 3 is 2.85 bits per heavy atom. The number of carbonyl (C=O) groups excluding carboxylic acids is 1. The Balaban J connectivity index is 2.33. The van der Waals surface area contributed by atoms with E-state index in [1.54, 1.807) is 12.0 Å². The third-order valence-electron chi connectivity index (χ3n) is 3.25. The number of anilines is 1. The van der Waals surface area contributed by atoms with Gasteiger partial charge in [-0.3, -0.25) is 4.79 Å². The predicted molar refractivity (Wildman–Crippen MR) is 77.9 cm³/mol. The normalized spacial score (nSPS) is 16.1. The highest BCUT2D eigenvalue weighted by molar-refractivity contribution is 5.97. The molecular formula is C15H22N2O3. The average molecular weight is 278 g/mol. The van der Waals surface area contributed by atoms with Gasteiger partial charge in [0.25, 0.3) is 5.91 Å². The van der Waals surface area contributed by atoms with Crippen LogP contribution in [0.2, 0.25) is 0 Å². The summed E-state index contributed by atoms with van der Waals surface area (Å²) in [6.45, 7) is 5.39. The summed E-state index contributed by atoms with van der Waals surface area (Å²) in [5.41, 5.74) is 7.80. The fraction of sp³-hybridized carbons (Fsp3) is 0.533. The van der Waals surface area contributed by atoms with Crippen LogP contribution < -0.4 is 15.4 Å². The zero-order valence-corrected chi connectivity index (χ0v) is 12.3. The second kappa shape index (κ2) is 6.24. The summed E-state index contributed by atoms with van der Waals surface area (Å²) in [6.07, 6.45) is 0. The summed E-state index contributed by atoms with van der Waals surface area (Å²) in [6, 6.07) is 5.52. The first-order valence-electron chi connectivity index (χ1n) is 6.84. The van der Waals surface area contributed by atoms with Crippen molar-refractivity contribution in [2.45, 2.75) is 19.9 Å². The first-order chi connectivity index (χ1) is 9.52. The van der Waals surface area contributed by atoms with Crippen LogP contribution in [0.3, 0.4) is 0 Å². The number of carbonyl (C=O) groups is 1.